The number of hydrogen-bond acceptors (Lipinski definition) is 5. The van der Waals surface area contributed by atoms with Gasteiger partial charge < -0.3 is 20.1 Å². The Morgan fingerprint density at radius 3 is 2.18 bits per heavy atom. The summed E-state index contributed by atoms with van der Waals surface area (Å²) < 4.78 is 8.79. The topological polar surface area (TPSA) is 93.7 Å². The van der Waals surface area contributed by atoms with Crippen molar-refractivity contribution in [3.05, 3.63) is 0 Å². The molecule has 17 heavy (non-hydrogen) atoms. The Balaban J connectivity index is 0. The molecule has 0 saturated heterocycles. The molecule has 0 heterocycles. The molecule has 0 radical (unpaired) electrons. The summed E-state index contributed by atoms with van der Waals surface area (Å²) in [6, 6.07) is -0.809. The predicted octanol–water partition coefficient (Wildman–Crippen LogP) is 0.0463. The summed E-state index contributed by atoms with van der Waals surface area (Å²) in [6.45, 7) is 0. The third kappa shape index (κ3) is 7.15. The summed E-state index contributed by atoms with van der Waals surface area (Å²) in [7, 11) is 3.88. The summed E-state index contributed by atoms with van der Waals surface area (Å²) in [5.41, 5.74) is 0. The van der Waals surface area contributed by atoms with Gasteiger partial charge in [0.05, 0.1) is 14.2 Å². The molecule has 0 bridgehead atoms. The Morgan fingerprint density at radius 2 is 1.76 bits per heavy atom. The molecule has 0 aliphatic heterocycles. The van der Waals surface area contributed by atoms with Crippen LogP contribution in [0.4, 0.5) is 4.79 Å². The fourth-order valence-electron chi connectivity index (χ4n) is 1.01. The van der Waals surface area contributed by atoms with Gasteiger partial charge in [0.15, 0.2) is 0 Å². The Bertz CT molecular complexity index is 267. The lowest BCUT2D eigenvalue weighted by Crippen LogP contribution is -2.45. The van der Waals surface area contributed by atoms with Crippen molar-refractivity contribution in [1.29, 1.82) is 0 Å². The number of alkyl carbamates (subject to hydrolysis) is 1. The number of carbonyl (C=O) groups is 3. The zero-order valence-electron chi connectivity index (χ0n) is 9.53. The third-order valence-corrected chi connectivity index (χ3v) is 1.91. The highest BCUT2D eigenvalue weighted by Crippen LogP contribution is 1.99. The highest BCUT2D eigenvalue weighted by atomic mass is 16.5. The first-order valence-electron chi connectivity index (χ1n) is 4.68. The van der Waals surface area contributed by atoms with E-state index < -0.39 is 24.0 Å². The van der Waals surface area contributed by atoms with E-state index in [9.17, 15) is 14.4 Å². The first kappa shape index (κ1) is 17.6. The largest absolute Gasteiger partial charge is 0.469 e. The molecule has 1 unspecified atom stereocenters. The standard InChI is InChI=1S/C9H16N2O5.CH4/c1-10-8(13)6(11-9(14)16-3)4-5-7(12)15-2;/h6H,4-5H2,1-3H3,(H,10,13)(H,11,14);1H4. The van der Waals surface area contributed by atoms with Crippen LogP contribution in [0.5, 0.6) is 0 Å². The number of rotatable bonds is 5. The lowest BCUT2D eigenvalue weighted by molar-refractivity contribution is -0.140. The summed E-state index contributed by atoms with van der Waals surface area (Å²) >= 11 is 0. The van der Waals surface area contributed by atoms with E-state index in [0.29, 0.717) is 0 Å². The SMILES string of the molecule is C.CNC(=O)C(CCC(=O)OC)NC(=O)OC. The molecule has 2 N–H and O–H groups in total. The van der Waals surface area contributed by atoms with E-state index in [1.165, 1.54) is 21.3 Å². The van der Waals surface area contributed by atoms with Gasteiger partial charge in [0.25, 0.3) is 0 Å². The molecule has 2 amide bonds. The van der Waals surface area contributed by atoms with E-state index in [1.54, 1.807) is 0 Å². The minimum Gasteiger partial charge on any atom is -0.469 e. The zero-order chi connectivity index (χ0) is 12.6. The molecule has 0 rings (SSSR count). The molecule has 7 nitrogen and oxygen atoms in total. The number of hydrogen-bond donors (Lipinski definition) is 2. The molecule has 0 aliphatic rings. The molecule has 7 heteroatoms. The second-order valence-corrected chi connectivity index (χ2v) is 2.92. The van der Waals surface area contributed by atoms with Crippen LogP contribution in [0.15, 0.2) is 0 Å². The van der Waals surface area contributed by atoms with Crippen molar-refractivity contribution in [2.45, 2.75) is 26.3 Å². The fourth-order valence-corrected chi connectivity index (χ4v) is 1.01. The number of amides is 2. The number of likely N-dealkylation sites (N-methyl/N-ethyl adjacent to an activating group) is 1. The molecular formula is C10H20N2O5. The minimum absolute atomic E-state index is 0. The predicted molar refractivity (Wildman–Crippen MR) is 61.4 cm³/mol. The molecule has 0 aromatic heterocycles. The van der Waals surface area contributed by atoms with Crippen LogP contribution in [0.1, 0.15) is 20.3 Å². The van der Waals surface area contributed by atoms with E-state index >= 15 is 0 Å². The van der Waals surface area contributed by atoms with Gasteiger partial charge in [0, 0.05) is 13.5 Å². The van der Waals surface area contributed by atoms with Crippen molar-refractivity contribution in [3.8, 4) is 0 Å². The summed E-state index contributed by atoms with van der Waals surface area (Å²) in [6.07, 6.45) is -0.529. The van der Waals surface area contributed by atoms with Crippen molar-refractivity contribution in [3.63, 3.8) is 0 Å². The van der Waals surface area contributed by atoms with Crippen LogP contribution in [0.3, 0.4) is 0 Å². The van der Waals surface area contributed by atoms with Crippen molar-refractivity contribution < 1.29 is 23.9 Å². The van der Waals surface area contributed by atoms with Gasteiger partial charge in [-0.2, -0.15) is 0 Å². The van der Waals surface area contributed by atoms with Crippen LogP contribution in [-0.4, -0.2) is 45.3 Å². The molecule has 0 fully saturated rings. The van der Waals surface area contributed by atoms with Crippen molar-refractivity contribution in [1.82, 2.24) is 10.6 Å². The summed E-state index contributed by atoms with van der Waals surface area (Å²) in [5, 5.41) is 4.69. The van der Waals surface area contributed by atoms with E-state index in [1.807, 2.05) is 0 Å². The normalized spacial score (nSPS) is 10.5. The van der Waals surface area contributed by atoms with E-state index in [-0.39, 0.29) is 20.3 Å². The number of nitrogens with one attached hydrogen (secondary N) is 2. The molecular weight excluding hydrogens is 228 g/mol. The first-order valence-corrected chi connectivity index (χ1v) is 4.68. The second kappa shape index (κ2) is 9.44. The Morgan fingerprint density at radius 1 is 1.18 bits per heavy atom. The van der Waals surface area contributed by atoms with E-state index in [4.69, 9.17) is 0 Å². The van der Waals surface area contributed by atoms with Gasteiger partial charge in [-0.15, -0.1) is 0 Å². The Kier molecular flexibility index (Phi) is 9.77. The molecule has 0 aromatic rings. The van der Waals surface area contributed by atoms with Crippen LogP contribution >= 0.6 is 0 Å². The second-order valence-electron chi connectivity index (χ2n) is 2.92. The monoisotopic (exact) mass is 248 g/mol. The summed E-state index contributed by atoms with van der Waals surface area (Å²) in [5.74, 6) is -0.838. The van der Waals surface area contributed by atoms with Gasteiger partial charge in [0.1, 0.15) is 6.04 Å². The average Bonchev–Trinajstić information content (AvgIpc) is 2.32. The maximum atomic E-state index is 11.3. The third-order valence-electron chi connectivity index (χ3n) is 1.91. The van der Waals surface area contributed by atoms with Gasteiger partial charge in [-0.1, -0.05) is 7.43 Å². The first-order chi connectivity index (χ1) is 7.54. The highest BCUT2D eigenvalue weighted by Gasteiger charge is 2.20. The number of ether oxygens (including phenoxy) is 2. The van der Waals surface area contributed by atoms with Crippen molar-refractivity contribution in [2.75, 3.05) is 21.3 Å². The van der Waals surface area contributed by atoms with Gasteiger partial charge in [-0.05, 0) is 6.42 Å². The molecule has 0 aromatic carbocycles. The highest BCUT2D eigenvalue weighted by molar-refractivity contribution is 5.85. The van der Waals surface area contributed by atoms with Gasteiger partial charge in [0.2, 0.25) is 5.91 Å². The zero-order valence-corrected chi connectivity index (χ0v) is 9.53. The summed E-state index contributed by atoms with van der Waals surface area (Å²) in [4.78, 5) is 33.1. The molecule has 0 aliphatic carbocycles. The number of carbonyl (C=O) groups excluding carboxylic acids is 3. The molecule has 1 atom stereocenters. The maximum Gasteiger partial charge on any atom is 0.407 e. The van der Waals surface area contributed by atoms with Crippen LogP contribution in [0, 0.1) is 0 Å². The average molecular weight is 248 g/mol. The van der Waals surface area contributed by atoms with Crippen LogP contribution < -0.4 is 10.6 Å². The van der Waals surface area contributed by atoms with Crippen LogP contribution in [0.25, 0.3) is 0 Å². The molecule has 0 saturated carbocycles. The van der Waals surface area contributed by atoms with Crippen molar-refractivity contribution in [2.24, 2.45) is 0 Å². The van der Waals surface area contributed by atoms with Crippen LogP contribution in [0.2, 0.25) is 0 Å². The van der Waals surface area contributed by atoms with E-state index in [0.717, 1.165) is 0 Å². The smallest absolute Gasteiger partial charge is 0.407 e. The maximum absolute atomic E-state index is 11.3. The lowest BCUT2D eigenvalue weighted by atomic mass is 10.1. The lowest BCUT2D eigenvalue weighted by Gasteiger charge is -2.15. The van der Waals surface area contributed by atoms with Gasteiger partial charge in [-0.25, -0.2) is 4.79 Å². The quantitative estimate of drug-likeness (QED) is 0.670. The Labute approximate surface area is 101 Å². The van der Waals surface area contributed by atoms with E-state index in [2.05, 4.69) is 20.1 Å². The number of methoxy groups -OCH3 is 2. The van der Waals surface area contributed by atoms with Crippen molar-refractivity contribution >= 4 is 18.0 Å². The Hall–Kier alpha value is -1.79. The van der Waals surface area contributed by atoms with Gasteiger partial charge >= 0.3 is 12.1 Å². The van der Waals surface area contributed by atoms with Gasteiger partial charge in [-0.3, -0.25) is 9.59 Å². The molecule has 0 spiro atoms. The minimum atomic E-state index is -0.809. The number of esters is 1. The fraction of sp³-hybridized carbons (Fsp3) is 0.700. The molecule has 100 valence electrons. The van der Waals surface area contributed by atoms with Crippen LogP contribution in [-0.2, 0) is 19.1 Å².